The first-order chi connectivity index (χ1) is 15.4. The largest absolute Gasteiger partial charge is 0.508 e. The summed E-state index contributed by atoms with van der Waals surface area (Å²) in [5, 5.41) is 30.2. The van der Waals surface area contributed by atoms with Crippen LogP contribution in [0.2, 0.25) is 0 Å². The molecule has 3 N–H and O–H groups in total. The van der Waals surface area contributed by atoms with Crippen molar-refractivity contribution < 1.29 is 19.5 Å². The number of phenols is 1. The van der Waals surface area contributed by atoms with E-state index in [9.17, 15) is 20.5 Å². The number of nitrogens with two attached hydrogens (primary N) is 1. The Labute approximate surface area is 191 Å². The number of halogens is 1. The highest BCUT2D eigenvalue weighted by Gasteiger charge is 2.31. The number of nitriles is 1. The number of rotatable bonds is 5. The second-order valence-electron chi connectivity index (χ2n) is 7.05. The lowest BCUT2D eigenvalue weighted by atomic mass is 9.83. The van der Waals surface area contributed by atoms with Crippen LogP contribution in [0.3, 0.4) is 0 Å². The first kappa shape index (κ1) is 21.2. The molecule has 1 atom stereocenters. The maximum Gasteiger partial charge on any atom is 0.269 e. The van der Waals surface area contributed by atoms with Gasteiger partial charge in [0.2, 0.25) is 5.88 Å². The minimum absolute atomic E-state index is 0.00906. The van der Waals surface area contributed by atoms with E-state index in [1.165, 1.54) is 24.3 Å². The molecule has 0 saturated heterocycles. The molecule has 0 radical (unpaired) electrons. The molecule has 0 unspecified atom stereocenters. The molecule has 3 aromatic rings. The van der Waals surface area contributed by atoms with Crippen molar-refractivity contribution in [2.45, 2.75) is 12.5 Å². The van der Waals surface area contributed by atoms with Crippen LogP contribution < -0.4 is 15.2 Å². The number of nitrogens with zero attached hydrogens (tertiary/aromatic N) is 2. The van der Waals surface area contributed by atoms with Crippen LogP contribution in [-0.2, 0) is 6.61 Å². The lowest BCUT2D eigenvalue weighted by Crippen LogP contribution is -2.21. The minimum atomic E-state index is -0.468. The van der Waals surface area contributed by atoms with Crippen LogP contribution in [-0.4, -0.2) is 10.0 Å². The fourth-order valence-corrected chi connectivity index (χ4v) is 3.99. The van der Waals surface area contributed by atoms with E-state index in [1.807, 2.05) is 12.1 Å². The van der Waals surface area contributed by atoms with Gasteiger partial charge in [0, 0.05) is 23.8 Å². The number of nitro benzene ring substituents is 1. The third-order valence-corrected chi connectivity index (χ3v) is 5.65. The monoisotopic (exact) mass is 493 g/mol. The molecule has 1 aliphatic rings. The molecule has 0 bridgehead atoms. The summed E-state index contributed by atoms with van der Waals surface area (Å²) in [4.78, 5) is 10.3. The topological polar surface area (TPSA) is 132 Å². The van der Waals surface area contributed by atoms with Crippen LogP contribution in [0.5, 0.6) is 17.2 Å². The van der Waals surface area contributed by atoms with Crippen LogP contribution >= 0.6 is 15.9 Å². The van der Waals surface area contributed by atoms with Crippen molar-refractivity contribution in [3.8, 4) is 23.3 Å². The van der Waals surface area contributed by atoms with Crippen LogP contribution in [0.1, 0.15) is 22.6 Å². The van der Waals surface area contributed by atoms with Crippen LogP contribution in [0.15, 0.2) is 76.6 Å². The summed E-state index contributed by atoms with van der Waals surface area (Å²) >= 11 is 3.51. The zero-order valence-electron chi connectivity index (χ0n) is 16.5. The van der Waals surface area contributed by atoms with Crippen molar-refractivity contribution in [1.82, 2.24) is 0 Å². The lowest BCUT2D eigenvalue weighted by molar-refractivity contribution is -0.384. The highest BCUT2D eigenvalue weighted by molar-refractivity contribution is 9.10. The Morgan fingerprint density at radius 1 is 1.19 bits per heavy atom. The van der Waals surface area contributed by atoms with Crippen molar-refractivity contribution >= 4 is 21.6 Å². The zero-order valence-corrected chi connectivity index (χ0v) is 18.1. The second kappa shape index (κ2) is 8.61. The van der Waals surface area contributed by atoms with Gasteiger partial charge in [-0.25, -0.2) is 0 Å². The predicted octanol–water partition coefficient (Wildman–Crippen LogP) is 4.86. The van der Waals surface area contributed by atoms with Gasteiger partial charge in [0.15, 0.2) is 0 Å². The first-order valence-electron chi connectivity index (χ1n) is 9.43. The van der Waals surface area contributed by atoms with Crippen LogP contribution in [0.4, 0.5) is 5.69 Å². The van der Waals surface area contributed by atoms with Gasteiger partial charge in [-0.3, -0.25) is 10.1 Å². The number of ether oxygens (including phenoxy) is 2. The predicted molar refractivity (Wildman–Crippen MR) is 119 cm³/mol. The molecule has 9 heteroatoms. The quantitative estimate of drug-likeness (QED) is 0.383. The minimum Gasteiger partial charge on any atom is -0.508 e. The van der Waals surface area contributed by atoms with Gasteiger partial charge in [0.25, 0.3) is 5.69 Å². The van der Waals surface area contributed by atoms with E-state index >= 15 is 0 Å². The highest BCUT2D eigenvalue weighted by Crippen LogP contribution is 2.44. The Hall–Kier alpha value is -4.03. The van der Waals surface area contributed by atoms with Crippen LogP contribution in [0.25, 0.3) is 0 Å². The average molecular weight is 494 g/mol. The second-order valence-corrected chi connectivity index (χ2v) is 7.90. The molecule has 0 fully saturated rings. The Morgan fingerprint density at radius 2 is 1.94 bits per heavy atom. The van der Waals surface area contributed by atoms with Gasteiger partial charge in [-0.05, 0) is 57.4 Å². The van der Waals surface area contributed by atoms with E-state index in [-0.39, 0.29) is 29.5 Å². The molecule has 4 rings (SSSR count). The number of benzene rings is 3. The number of phenolic OH excluding ortho intramolecular Hbond substituents is 1. The average Bonchev–Trinajstić information content (AvgIpc) is 2.77. The third kappa shape index (κ3) is 4.08. The highest BCUT2D eigenvalue weighted by atomic mass is 79.9. The normalized spacial score (nSPS) is 14.8. The summed E-state index contributed by atoms with van der Waals surface area (Å²) in [6, 6.07) is 18.4. The molecule has 0 aromatic heterocycles. The molecule has 1 heterocycles. The van der Waals surface area contributed by atoms with Crippen LogP contribution in [0, 0.1) is 21.4 Å². The maximum absolute atomic E-state index is 10.8. The molecular formula is C23H16BrN3O5. The first-order valence-corrected chi connectivity index (χ1v) is 10.2. The summed E-state index contributed by atoms with van der Waals surface area (Å²) < 4.78 is 12.0. The van der Waals surface area contributed by atoms with Gasteiger partial charge >= 0.3 is 0 Å². The van der Waals surface area contributed by atoms with Gasteiger partial charge in [0.1, 0.15) is 35.5 Å². The number of allylic oxidation sites excluding steroid dienone is 1. The summed E-state index contributed by atoms with van der Waals surface area (Å²) in [6.45, 7) is 0.228. The van der Waals surface area contributed by atoms with Crippen molar-refractivity contribution in [3.05, 3.63) is 103 Å². The molecule has 3 aromatic carbocycles. The molecular weight excluding hydrogens is 478 g/mol. The van der Waals surface area contributed by atoms with Gasteiger partial charge in [-0.1, -0.05) is 12.1 Å². The molecule has 160 valence electrons. The van der Waals surface area contributed by atoms with E-state index < -0.39 is 10.8 Å². The van der Waals surface area contributed by atoms with E-state index in [0.717, 1.165) is 11.1 Å². The smallest absolute Gasteiger partial charge is 0.269 e. The summed E-state index contributed by atoms with van der Waals surface area (Å²) in [5.41, 5.74) is 8.54. The summed E-state index contributed by atoms with van der Waals surface area (Å²) in [5.74, 6) is 0.517. The molecule has 1 aliphatic heterocycles. The van der Waals surface area contributed by atoms with E-state index in [4.69, 9.17) is 15.2 Å². The van der Waals surface area contributed by atoms with Crippen molar-refractivity contribution in [2.75, 3.05) is 0 Å². The maximum atomic E-state index is 10.8. The number of hydrogen-bond donors (Lipinski definition) is 2. The number of aromatic hydroxyl groups is 1. The summed E-state index contributed by atoms with van der Waals surface area (Å²) in [6.07, 6.45) is 0. The molecule has 8 nitrogen and oxygen atoms in total. The van der Waals surface area contributed by atoms with E-state index in [2.05, 4.69) is 22.0 Å². The fraction of sp³-hybridized carbons (Fsp3) is 0.0870. The Kier molecular flexibility index (Phi) is 5.71. The third-order valence-electron chi connectivity index (χ3n) is 5.03. The van der Waals surface area contributed by atoms with Crippen molar-refractivity contribution in [2.24, 2.45) is 5.73 Å². The van der Waals surface area contributed by atoms with Crippen molar-refractivity contribution in [3.63, 3.8) is 0 Å². The zero-order chi connectivity index (χ0) is 22.8. The standard InChI is InChI=1S/C23H16BrN3O5/c24-19-9-14(3-8-20(19)31-12-13-1-4-15(5-2-13)27(29)30)22-17-7-6-16(28)10-21(17)32-23(26)18(22)11-25/h1-10,22,28H,12,26H2/t22-/m1/s1. The van der Waals surface area contributed by atoms with E-state index in [0.29, 0.717) is 21.5 Å². The number of nitro groups is 1. The molecule has 0 aliphatic carbocycles. The van der Waals surface area contributed by atoms with Gasteiger partial charge in [-0.2, -0.15) is 5.26 Å². The van der Waals surface area contributed by atoms with E-state index in [1.54, 1.807) is 24.3 Å². The van der Waals surface area contributed by atoms with Gasteiger partial charge < -0.3 is 20.3 Å². The Bertz CT molecular complexity index is 1280. The Morgan fingerprint density at radius 3 is 2.59 bits per heavy atom. The van der Waals surface area contributed by atoms with Crippen molar-refractivity contribution in [1.29, 1.82) is 5.26 Å². The Balaban J connectivity index is 1.60. The van der Waals surface area contributed by atoms with Gasteiger partial charge in [0.05, 0.1) is 15.3 Å². The summed E-state index contributed by atoms with van der Waals surface area (Å²) in [7, 11) is 0. The molecule has 0 spiro atoms. The van der Waals surface area contributed by atoms with Gasteiger partial charge in [-0.15, -0.1) is 0 Å². The number of non-ortho nitro benzene ring substituents is 1. The molecule has 32 heavy (non-hydrogen) atoms. The fourth-order valence-electron chi connectivity index (χ4n) is 3.48. The molecule has 0 saturated carbocycles. The molecule has 0 amide bonds. The lowest BCUT2D eigenvalue weighted by Gasteiger charge is -2.26. The number of hydrogen-bond acceptors (Lipinski definition) is 7. The number of fused-ring (bicyclic) bond motifs is 1. The SMILES string of the molecule is N#CC1=C(N)Oc2cc(O)ccc2[C@H]1c1ccc(OCc2ccc([N+](=O)[O-])cc2)c(Br)c1.